The number of benzene rings is 2. The van der Waals surface area contributed by atoms with E-state index >= 15 is 4.39 Å². The van der Waals surface area contributed by atoms with Gasteiger partial charge in [-0.25, -0.2) is 13.2 Å². The van der Waals surface area contributed by atoms with Gasteiger partial charge in [-0.1, -0.05) is 31.9 Å². The fourth-order valence-corrected chi connectivity index (χ4v) is 7.60. The van der Waals surface area contributed by atoms with Crippen molar-refractivity contribution in [1.29, 1.82) is 0 Å². The van der Waals surface area contributed by atoms with Crippen LogP contribution in [0.1, 0.15) is 107 Å². The van der Waals surface area contributed by atoms with E-state index in [-0.39, 0.29) is 42.6 Å². The van der Waals surface area contributed by atoms with Crippen LogP contribution in [0.15, 0.2) is 30.3 Å². The Bertz CT molecular complexity index is 1210. The Labute approximate surface area is 247 Å². The van der Waals surface area contributed by atoms with Crippen LogP contribution in [0, 0.1) is 41.1 Å². The average molecular weight is 619 g/mol. The molecule has 3 aliphatic rings. The van der Waals surface area contributed by atoms with Crippen molar-refractivity contribution in [2.75, 3.05) is 0 Å². The van der Waals surface area contributed by atoms with E-state index in [1.54, 1.807) is 6.07 Å². The number of alkyl halides is 5. The maximum atomic E-state index is 15.2. The molecule has 238 valence electrons. The molecule has 0 bridgehead atoms. The van der Waals surface area contributed by atoms with Crippen molar-refractivity contribution in [3.63, 3.8) is 0 Å². The van der Waals surface area contributed by atoms with Gasteiger partial charge in [-0.15, -0.1) is 13.2 Å². The minimum Gasteiger partial charge on any atom is -0.432 e. The van der Waals surface area contributed by atoms with Crippen LogP contribution in [-0.4, -0.2) is 12.5 Å². The third-order valence-electron chi connectivity index (χ3n) is 10.1. The van der Waals surface area contributed by atoms with Crippen molar-refractivity contribution in [3.05, 3.63) is 58.9 Å². The molecule has 0 N–H and O–H groups in total. The van der Waals surface area contributed by atoms with Crippen LogP contribution in [0.25, 0.3) is 0 Å². The second kappa shape index (κ2) is 12.8. The van der Waals surface area contributed by atoms with Crippen molar-refractivity contribution in [2.24, 2.45) is 23.7 Å². The first-order valence-electron chi connectivity index (χ1n) is 15.4. The van der Waals surface area contributed by atoms with Gasteiger partial charge in [0.05, 0.1) is 5.92 Å². The molecular weight excluding hydrogens is 580 g/mol. The van der Waals surface area contributed by atoms with Crippen LogP contribution < -0.4 is 9.47 Å². The minimum absolute atomic E-state index is 0.121. The van der Waals surface area contributed by atoms with E-state index in [9.17, 15) is 30.7 Å². The number of rotatable bonds is 7. The lowest BCUT2D eigenvalue weighted by atomic mass is 9.68. The first kappa shape index (κ1) is 31.9. The Kier molecular flexibility index (Phi) is 9.52. The topological polar surface area (TPSA) is 18.5 Å². The third-order valence-corrected chi connectivity index (χ3v) is 10.1. The molecule has 0 atom stereocenters. The monoisotopic (exact) mass is 618 g/mol. The molecule has 43 heavy (non-hydrogen) atoms. The molecule has 3 aliphatic carbocycles. The molecule has 5 rings (SSSR count). The highest BCUT2D eigenvalue weighted by molar-refractivity contribution is 5.35. The molecule has 0 heterocycles. The molecule has 2 aromatic carbocycles. The van der Waals surface area contributed by atoms with Gasteiger partial charge in [0.1, 0.15) is 11.6 Å². The van der Waals surface area contributed by atoms with E-state index in [2.05, 4.69) is 22.5 Å². The highest BCUT2D eigenvalue weighted by atomic mass is 19.4. The lowest BCUT2D eigenvalue weighted by Gasteiger charge is -2.39. The Morgan fingerprint density at radius 2 is 1.14 bits per heavy atom. The van der Waals surface area contributed by atoms with Crippen molar-refractivity contribution in [3.8, 4) is 11.5 Å². The van der Waals surface area contributed by atoms with Crippen molar-refractivity contribution in [2.45, 2.75) is 108 Å². The molecule has 0 saturated heterocycles. The number of ether oxygens (including phenoxy) is 2. The quantitative estimate of drug-likeness (QED) is 0.288. The van der Waals surface area contributed by atoms with E-state index in [1.807, 2.05) is 6.07 Å². The van der Waals surface area contributed by atoms with E-state index < -0.39 is 41.5 Å². The van der Waals surface area contributed by atoms with Gasteiger partial charge in [-0.05, 0) is 111 Å². The van der Waals surface area contributed by atoms with Crippen LogP contribution in [0.3, 0.4) is 0 Å². The van der Waals surface area contributed by atoms with Gasteiger partial charge < -0.3 is 9.47 Å². The lowest BCUT2D eigenvalue weighted by molar-refractivity contribution is -0.276. The molecule has 2 nitrogen and oxygen atoms in total. The van der Waals surface area contributed by atoms with Gasteiger partial charge in [0.2, 0.25) is 5.75 Å². The minimum atomic E-state index is -5.35. The molecular formula is C33H38F8O2. The number of halogens is 8. The van der Waals surface area contributed by atoms with Gasteiger partial charge >= 0.3 is 12.5 Å². The zero-order chi connectivity index (χ0) is 30.9. The summed E-state index contributed by atoms with van der Waals surface area (Å²) in [6.07, 6.45) is 0.373. The predicted octanol–water partition coefficient (Wildman–Crippen LogP) is 11.0. The maximum absolute atomic E-state index is 15.2. The fourth-order valence-electron chi connectivity index (χ4n) is 7.60. The Morgan fingerprint density at radius 1 is 0.605 bits per heavy atom. The van der Waals surface area contributed by atoms with Gasteiger partial charge in [0, 0.05) is 12.1 Å². The van der Waals surface area contributed by atoms with Gasteiger partial charge in [-0.2, -0.15) is 8.78 Å². The molecule has 3 fully saturated rings. The summed E-state index contributed by atoms with van der Waals surface area (Å²) in [5.41, 5.74) is 1.87. The standard InChI is InChI=1S/C33H38F8O2/c1-19-2-4-22(5-3-19)24-12-15-27(28(34)16-24)23-8-6-20(7-9-23)21-10-13-25(14-11-21)32(37,38)42-26-17-29(35)31(30(36)18-26)43-33(39,40)41/h12,15-23,25H,2-11,13-14H2,1H3. The number of hydrogen-bond acceptors (Lipinski definition) is 2. The van der Waals surface area contributed by atoms with Crippen LogP contribution in [-0.2, 0) is 0 Å². The van der Waals surface area contributed by atoms with Crippen LogP contribution in [0.5, 0.6) is 11.5 Å². The molecule has 0 unspecified atom stereocenters. The summed E-state index contributed by atoms with van der Waals surface area (Å²) in [5, 5.41) is 0. The molecule has 0 aliphatic heterocycles. The Hall–Kier alpha value is -2.52. The summed E-state index contributed by atoms with van der Waals surface area (Å²) in [6.45, 7) is 2.27. The van der Waals surface area contributed by atoms with Gasteiger partial charge in [0.25, 0.3) is 0 Å². The Morgan fingerprint density at radius 3 is 1.67 bits per heavy atom. The van der Waals surface area contributed by atoms with Gasteiger partial charge in [-0.3, -0.25) is 0 Å². The smallest absolute Gasteiger partial charge is 0.432 e. The van der Waals surface area contributed by atoms with E-state index in [0.717, 1.165) is 55.6 Å². The second-order valence-corrected chi connectivity index (χ2v) is 12.9. The summed E-state index contributed by atoms with van der Waals surface area (Å²) in [5.74, 6) is -5.61. The van der Waals surface area contributed by atoms with E-state index in [1.165, 1.54) is 12.8 Å². The molecule has 0 radical (unpaired) electrons. The zero-order valence-electron chi connectivity index (χ0n) is 24.2. The van der Waals surface area contributed by atoms with Crippen LogP contribution in [0.2, 0.25) is 0 Å². The Balaban J connectivity index is 1.11. The van der Waals surface area contributed by atoms with Gasteiger partial charge in [0.15, 0.2) is 11.6 Å². The molecule has 0 spiro atoms. The molecule has 3 saturated carbocycles. The summed E-state index contributed by atoms with van der Waals surface area (Å²) in [7, 11) is 0. The molecule has 0 aromatic heterocycles. The summed E-state index contributed by atoms with van der Waals surface area (Å²) < 4.78 is 118. The second-order valence-electron chi connectivity index (χ2n) is 12.9. The predicted molar refractivity (Wildman–Crippen MR) is 146 cm³/mol. The van der Waals surface area contributed by atoms with Crippen LogP contribution in [0.4, 0.5) is 35.1 Å². The van der Waals surface area contributed by atoms with E-state index in [0.29, 0.717) is 24.7 Å². The highest BCUT2D eigenvalue weighted by Gasteiger charge is 2.45. The lowest BCUT2D eigenvalue weighted by Crippen LogP contribution is -2.38. The van der Waals surface area contributed by atoms with Crippen molar-refractivity contribution < 1.29 is 44.6 Å². The largest absolute Gasteiger partial charge is 0.573 e. The summed E-state index contributed by atoms with van der Waals surface area (Å²) >= 11 is 0. The summed E-state index contributed by atoms with van der Waals surface area (Å²) in [4.78, 5) is 0. The first-order valence-corrected chi connectivity index (χ1v) is 15.4. The third kappa shape index (κ3) is 7.77. The highest BCUT2D eigenvalue weighted by Crippen LogP contribution is 2.48. The number of hydrogen-bond donors (Lipinski definition) is 0. The SMILES string of the molecule is CC1CCC(c2ccc(C3CCC(C4CCC(C(F)(F)Oc5cc(F)c(OC(F)(F)F)c(F)c5)CC4)CC3)c(F)c2)CC1. The van der Waals surface area contributed by atoms with Crippen LogP contribution >= 0.6 is 0 Å². The normalized spacial score (nSPS) is 28.9. The summed E-state index contributed by atoms with van der Waals surface area (Å²) in [6, 6.07) is 6.32. The fraction of sp³-hybridized carbons (Fsp3) is 0.636. The zero-order valence-corrected chi connectivity index (χ0v) is 24.2. The molecule has 2 aromatic rings. The van der Waals surface area contributed by atoms with Crippen molar-refractivity contribution >= 4 is 0 Å². The molecule has 0 amide bonds. The first-order chi connectivity index (χ1) is 20.3. The maximum Gasteiger partial charge on any atom is 0.573 e. The van der Waals surface area contributed by atoms with Crippen molar-refractivity contribution in [1.82, 2.24) is 0 Å². The van der Waals surface area contributed by atoms with E-state index in [4.69, 9.17) is 0 Å². The average Bonchev–Trinajstić information content (AvgIpc) is 2.95. The molecule has 10 heteroatoms.